The summed E-state index contributed by atoms with van der Waals surface area (Å²) in [6.07, 6.45) is 0. The van der Waals surface area contributed by atoms with Crippen LogP contribution < -0.4 is 66.3 Å². The number of methoxy groups -OCH3 is 1. The molecule has 0 N–H and O–H groups in total. The van der Waals surface area contributed by atoms with Crippen LogP contribution in [0, 0.1) is 12.7 Å². The van der Waals surface area contributed by atoms with Gasteiger partial charge in [0, 0.05) is 5.56 Å². The first-order valence-corrected chi connectivity index (χ1v) is 6.57. The van der Waals surface area contributed by atoms with Crippen LogP contribution in [0.25, 0.3) is 0 Å². The van der Waals surface area contributed by atoms with Crippen LogP contribution in [0.15, 0.2) is 36.4 Å². The van der Waals surface area contributed by atoms with Crippen LogP contribution >= 0.6 is 0 Å². The zero-order valence-corrected chi connectivity index (χ0v) is 16.2. The first-order valence-electron chi connectivity index (χ1n) is 6.57. The zero-order chi connectivity index (χ0) is 16.3. The molecule has 2 aromatic rings. The number of ether oxygens (including phenoxy) is 2. The topological polar surface area (TPSA) is 18.5 Å². The molecule has 23 heavy (non-hydrogen) atoms. The quantitative estimate of drug-likeness (QED) is 0.585. The molecule has 0 aromatic heterocycles. The second-order valence-corrected chi connectivity index (χ2v) is 4.84. The van der Waals surface area contributed by atoms with Crippen molar-refractivity contribution < 1.29 is 78.2 Å². The van der Waals surface area contributed by atoms with E-state index in [1.165, 1.54) is 31.4 Å². The molecule has 0 heterocycles. The Hall–Kier alpha value is -0.539. The van der Waals surface area contributed by atoms with Gasteiger partial charge < -0.3 is 22.4 Å². The summed E-state index contributed by atoms with van der Waals surface area (Å²) in [7, 11) is 1.31. The Bertz CT molecular complexity index is 677. The molecular weight excluding hydrogens is 338 g/mol. The number of benzene rings is 2. The normalized spacial score (nSPS) is 10.9. The van der Waals surface area contributed by atoms with Crippen LogP contribution in [0.4, 0.5) is 17.3 Å². The summed E-state index contributed by atoms with van der Waals surface area (Å²) < 4.78 is 63.1. The minimum atomic E-state index is -5.20. The Morgan fingerprint density at radius 1 is 1.04 bits per heavy atom. The molecule has 0 aliphatic rings. The molecule has 8 heteroatoms. The number of rotatable bonds is 5. The predicted octanol–water partition coefficient (Wildman–Crippen LogP) is 0.780. The van der Waals surface area contributed by atoms with Crippen LogP contribution in [-0.2, 0) is 6.61 Å². The number of aryl methyl sites for hydroxylation is 1. The van der Waals surface area contributed by atoms with E-state index >= 15 is 0 Å². The molecule has 0 atom stereocenters. The summed E-state index contributed by atoms with van der Waals surface area (Å²) in [4.78, 5) is 0. The second-order valence-electron chi connectivity index (χ2n) is 4.84. The van der Waals surface area contributed by atoms with E-state index in [0.717, 1.165) is 6.07 Å². The molecule has 2 aromatic carbocycles. The van der Waals surface area contributed by atoms with E-state index in [4.69, 9.17) is 9.47 Å². The van der Waals surface area contributed by atoms with Gasteiger partial charge in [-0.05, 0) is 19.1 Å². The Labute approximate surface area is 174 Å². The van der Waals surface area contributed by atoms with Crippen molar-refractivity contribution in [1.29, 1.82) is 0 Å². The van der Waals surface area contributed by atoms with E-state index in [1.54, 1.807) is 13.0 Å². The standard InChI is InChI=1S/C15H14BF4O2.K/c1-10-6-7-13(12(8-10)16(18,19)20)22-9-11-4-3-5-14(21-2)15(11)17;/h3-8H,9H2,1-2H3;/q-1;+1. The third-order valence-corrected chi connectivity index (χ3v) is 3.16. The average molecular weight is 352 g/mol. The van der Waals surface area contributed by atoms with E-state index in [9.17, 15) is 17.3 Å². The summed E-state index contributed by atoms with van der Waals surface area (Å²) in [6, 6.07) is 8.20. The molecular formula is C15H14BF4KO2. The fourth-order valence-electron chi connectivity index (χ4n) is 2.04. The van der Waals surface area contributed by atoms with E-state index in [-0.39, 0.29) is 75.1 Å². The smallest absolute Gasteiger partial charge is 0.494 e. The molecule has 0 radical (unpaired) electrons. The molecule has 2 rings (SSSR count). The molecule has 0 amide bonds. The molecule has 0 spiro atoms. The fraction of sp³-hybridized carbons (Fsp3) is 0.200. The minimum Gasteiger partial charge on any atom is -0.494 e. The van der Waals surface area contributed by atoms with E-state index in [1.807, 2.05) is 0 Å². The van der Waals surface area contributed by atoms with Crippen LogP contribution in [0.5, 0.6) is 11.5 Å². The van der Waals surface area contributed by atoms with Gasteiger partial charge in [0.2, 0.25) is 0 Å². The predicted molar refractivity (Wildman–Crippen MR) is 77.2 cm³/mol. The number of hydrogen-bond donors (Lipinski definition) is 0. The van der Waals surface area contributed by atoms with Gasteiger partial charge in [-0.25, -0.2) is 4.39 Å². The molecule has 0 bridgehead atoms. The maximum Gasteiger partial charge on any atom is 1.00 e. The Morgan fingerprint density at radius 3 is 2.35 bits per heavy atom. The largest absolute Gasteiger partial charge is 1.00 e. The minimum absolute atomic E-state index is 0. The maximum atomic E-state index is 14.0. The van der Waals surface area contributed by atoms with Crippen LogP contribution in [-0.4, -0.2) is 14.1 Å². The fourth-order valence-corrected chi connectivity index (χ4v) is 2.04. The first kappa shape index (κ1) is 20.5. The van der Waals surface area contributed by atoms with Crippen molar-refractivity contribution in [3.63, 3.8) is 0 Å². The van der Waals surface area contributed by atoms with Gasteiger partial charge >= 0.3 is 58.4 Å². The molecule has 0 saturated heterocycles. The van der Waals surface area contributed by atoms with E-state index in [2.05, 4.69) is 0 Å². The van der Waals surface area contributed by atoms with Crippen LogP contribution in [0.2, 0.25) is 0 Å². The van der Waals surface area contributed by atoms with Crippen molar-refractivity contribution in [2.45, 2.75) is 13.5 Å². The van der Waals surface area contributed by atoms with E-state index < -0.39 is 18.3 Å². The summed E-state index contributed by atoms with van der Waals surface area (Å²) >= 11 is 0. The van der Waals surface area contributed by atoms with Gasteiger partial charge in [0.05, 0.1) is 12.9 Å². The molecule has 0 unspecified atom stereocenters. The maximum absolute atomic E-state index is 14.0. The zero-order valence-electron chi connectivity index (χ0n) is 13.1. The summed E-state index contributed by atoms with van der Waals surface area (Å²) in [5.74, 6) is -0.929. The average Bonchev–Trinajstić information content (AvgIpc) is 2.46. The van der Waals surface area contributed by atoms with Crippen molar-refractivity contribution in [2.75, 3.05) is 7.11 Å². The van der Waals surface area contributed by atoms with Gasteiger partial charge in [-0.3, -0.25) is 0 Å². The number of halogens is 4. The molecule has 0 aliphatic heterocycles. The molecule has 118 valence electrons. The molecule has 0 saturated carbocycles. The SMILES string of the molecule is COc1cccc(COc2ccc(C)cc2[B-](F)(F)F)c1F.[K+]. The van der Waals surface area contributed by atoms with Crippen molar-refractivity contribution in [3.05, 3.63) is 53.3 Å². The third kappa shape index (κ3) is 5.22. The summed E-state index contributed by atoms with van der Waals surface area (Å²) in [6.45, 7) is -3.95. The second kappa shape index (κ2) is 8.53. The Balaban J connectivity index is 0.00000264. The molecule has 0 fully saturated rings. The summed E-state index contributed by atoms with van der Waals surface area (Å²) in [5.41, 5.74) is -0.210. The molecule has 2 nitrogen and oxygen atoms in total. The van der Waals surface area contributed by atoms with E-state index in [0.29, 0.717) is 5.56 Å². The third-order valence-electron chi connectivity index (χ3n) is 3.16. The van der Waals surface area contributed by atoms with Crippen LogP contribution in [0.3, 0.4) is 0 Å². The van der Waals surface area contributed by atoms with Gasteiger partial charge in [-0.1, -0.05) is 35.3 Å². The first-order chi connectivity index (χ1) is 10.3. The Kier molecular flexibility index (Phi) is 7.60. The van der Waals surface area contributed by atoms with Crippen molar-refractivity contribution in [2.24, 2.45) is 0 Å². The Morgan fingerprint density at radius 2 is 1.74 bits per heavy atom. The monoisotopic (exact) mass is 352 g/mol. The van der Waals surface area contributed by atoms with Gasteiger partial charge in [0.25, 0.3) is 0 Å². The van der Waals surface area contributed by atoms with Crippen molar-refractivity contribution in [1.82, 2.24) is 0 Å². The molecule has 0 aliphatic carbocycles. The van der Waals surface area contributed by atoms with Crippen molar-refractivity contribution >= 4 is 12.4 Å². The van der Waals surface area contributed by atoms with Gasteiger partial charge in [-0.15, -0.1) is 0 Å². The number of hydrogen-bond acceptors (Lipinski definition) is 2. The van der Waals surface area contributed by atoms with Crippen LogP contribution in [0.1, 0.15) is 11.1 Å². The van der Waals surface area contributed by atoms with Gasteiger partial charge in [0.15, 0.2) is 11.6 Å². The van der Waals surface area contributed by atoms with Gasteiger partial charge in [0.1, 0.15) is 6.61 Å². The summed E-state index contributed by atoms with van der Waals surface area (Å²) in [5, 5.41) is 0. The van der Waals surface area contributed by atoms with Crippen molar-refractivity contribution in [3.8, 4) is 11.5 Å². The van der Waals surface area contributed by atoms with Gasteiger partial charge in [-0.2, -0.15) is 0 Å².